The van der Waals surface area contributed by atoms with E-state index in [-0.39, 0.29) is 0 Å². The Morgan fingerprint density at radius 1 is 1.50 bits per heavy atom. The van der Waals surface area contributed by atoms with Crippen molar-refractivity contribution in [3.8, 4) is 0 Å². The molecule has 0 aromatic carbocycles. The van der Waals surface area contributed by atoms with E-state index in [1.54, 1.807) is 6.08 Å². The van der Waals surface area contributed by atoms with E-state index in [0.717, 1.165) is 12.0 Å². The summed E-state index contributed by atoms with van der Waals surface area (Å²) in [6.07, 6.45) is 6.09. The van der Waals surface area contributed by atoms with E-state index in [9.17, 15) is 4.39 Å². The predicted octanol–water partition coefficient (Wildman–Crippen LogP) is 3.38. The Hall–Kier alpha value is -0.850. The van der Waals surface area contributed by atoms with Crippen molar-refractivity contribution in [3.05, 3.63) is 36.2 Å². The first-order valence-electron chi connectivity index (χ1n) is 3.36. The van der Waals surface area contributed by atoms with Gasteiger partial charge in [-0.1, -0.05) is 31.2 Å². The van der Waals surface area contributed by atoms with Gasteiger partial charge >= 0.3 is 0 Å². The van der Waals surface area contributed by atoms with Crippen LogP contribution in [0.25, 0.3) is 0 Å². The molecule has 0 aliphatic heterocycles. The van der Waals surface area contributed by atoms with Gasteiger partial charge in [0, 0.05) is 0 Å². The second-order valence-electron chi connectivity index (χ2n) is 2.14. The van der Waals surface area contributed by atoms with Crippen LogP contribution < -0.4 is 0 Å². The summed E-state index contributed by atoms with van der Waals surface area (Å²) in [4.78, 5) is 0. The lowest BCUT2D eigenvalue weighted by molar-refractivity contribution is 0.671. The van der Waals surface area contributed by atoms with Gasteiger partial charge in [0.2, 0.25) is 0 Å². The number of halogens is 1. The summed E-state index contributed by atoms with van der Waals surface area (Å²) in [7, 11) is 0. The Kier molecular flexibility index (Phi) is 4.55. The minimum Gasteiger partial charge on any atom is -0.208 e. The van der Waals surface area contributed by atoms with Crippen molar-refractivity contribution >= 4 is 0 Å². The standard InChI is InChI=1S/C9H13F/c1-4-5-8(2)6-7-9(3)10/h5-7H,3-4H2,1-2H3. The molecule has 0 unspecified atom stereocenters. The zero-order chi connectivity index (χ0) is 7.98. The molecule has 0 radical (unpaired) electrons. The Morgan fingerprint density at radius 3 is 2.50 bits per heavy atom. The van der Waals surface area contributed by atoms with E-state index in [2.05, 4.69) is 6.58 Å². The lowest BCUT2D eigenvalue weighted by Gasteiger charge is -1.87. The van der Waals surface area contributed by atoms with Crippen LogP contribution in [0.3, 0.4) is 0 Å². The third-order valence-corrected chi connectivity index (χ3v) is 1.05. The highest BCUT2D eigenvalue weighted by Crippen LogP contribution is 2.00. The fourth-order valence-electron chi connectivity index (χ4n) is 0.612. The Labute approximate surface area is 61.8 Å². The van der Waals surface area contributed by atoms with Gasteiger partial charge in [-0.15, -0.1) is 0 Å². The number of allylic oxidation sites excluding steroid dienone is 5. The smallest absolute Gasteiger partial charge is 0.116 e. The lowest BCUT2D eigenvalue weighted by Crippen LogP contribution is -1.67. The van der Waals surface area contributed by atoms with Crippen molar-refractivity contribution in [2.24, 2.45) is 0 Å². The number of hydrogen-bond acceptors (Lipinski definition) is 0. The van der Waals surface area contributed by atoms with Crippen LogP contribution in [0.15, 0.2) is 36.2 Å². The normalized spacial score (nSPS) is 12.5. The second kappa shape index (κ2) is 4.98. The van der Waals surface area contributed by atoms with E-state index < -0.39 is 5.83 Å². The molecule has 10 heavy (non-hydrogen) atoms. The highest BCUT2D eigenvalue weighted by atomic mass is 19.1. The Morgan fingerprint density at radius 2 is 2.10 bits per heavy atom. The molecule has 0 heterocycles. The molecule has 0 aliphatic carbocycles. The van der Waals surface area contributed by atoms with E-state index in [4.69, 9.17) is 0 Å². The van der Waals surface area contributed by atoms with Gasteiger partial charge in [0.05, 0.1) is 0 Å². The van der Waals surface area contributed by atoms with Crippen molar-refractivity contribution < 1.29 is 4.39 Å². The SMILES string of the molecule is C=C(F)C=CC(C)=CCC. The van der Waals surface area contributed by atoms with Crippen LogP contribution in [0.5, 0.6) is 0 Å². The van der Waals surface area contributed by atoms with Crippen LogP contribution in [-0.4, -0.2) is 0 Å². The van der Waals surface area contributed by atoms with Crippen LogP contribution in [0, 0.1) is 0 Å². The first-order chi connectivity index (χ1) is 4.66. The third-order valence-electron chi connectivity index (χ3n) is 1.05. The molecule has 0 rings (SSSR count). The zero-order valence-electron chi connectivity index (χ0n) is 6.52. The molecule has 0 aromatic rings. The molecule has 0 amide bonds. The summed E-state index contributed by atoms with van der Waals surface area (Å²) in [5.41, 5.74) is 1.07. The molecule has 0 N–H and O–H groups in total. The maximum absolute atomic E-state index is 12.0. The Balaban J connectivity index is 3.89. The van der Waals surface area contributed by atoms with Crippen molar-refractivity contribution in [2.75, 3.05) is 0 Å². The lowest BCUT2D eigenvalue weighted by atomic mass is 10.2. The molecule has 0 aliphatic rings. The van der Waals surface area contributed by atoms with Crippen molar-refractivity contribution in [1.82, 2.24) is 0 Å². The highest BCUT2D eigenvalue weighted by Gasteiger charge is 1.80. The fourth-order valence-corrected chi connectivity index (χ4v) is 0.612. The summed E-state index contributed by atoms with van der Waals surface area (Å²) < 4.78 is 12.0. The third kappa shape index (κ3) is 5.29. The minimum absolute atomic E-state index is 0.399. The summed E-state index contributed by atoms with van der Waals surface area (Å²) in [6, 6.07) is 0. The maximum Gasteiger partial charge on any atom is 0.116 e. The monoisotopic (exact) mass is 140 g/mol. The topological polar surface area (TPSA) is 0 Å². The molecule has 0 bridgehead atoms. The molecular formula is C9H13F. The van der Waals surface area contributed by atoms with Gasteiger partial charge in [-0.3, -0.25) is 0 Å². The minimum atomic E-state index is -0.399. The van der Waals surface area contributed by atoms with E-state index in [0.29, 0.717) is 0 Å². The van der Waals surface area contributed by atoms with Crippen LogP contribution in [0.2, 0.25) is 0 Å². The van der Waals surface area contributed by atoms with Crippen LogP contribution >= 0.6 is 0 Å². The van der Waals surface area contributed by atoms with Crippen LogP contribution in [-0.2, 0) is 0 Å². The fraction of sp³-hybridized carbons (Fsp3) is 0.333. The van der Waals surface area contributed by atoms with Crippen molar-refractivity contribution in [3.63, 3.8) is 0 Å². The van der Waals surface area contributed by atoms with Gasteiger partial charge in [-0.2, -0.15) is 0 Å². The van der Waals surface area contributed by atoms with Gasteiger partial charge in [0.15, 0.2) is 0 Å². The predicted molar refractivity (Wildman–Crippen MR) is 43.4 cm³/mol. The van der Waals surface area contributed by atoms with Gasteiger partial charge in [0.25, 0.3) is 0 Å². The van der Waals surface area contributed by atoms with E-state index >= 15 is 0 Å². The van der Waals surface area contributed by atoms with E-state index in [1.165, 1.54) is 6.08 Å². The summed E-state index contributed by atoms with van der Waals surface area (Å²) in [5, 5.41) is 0. The molecular weight excluding hydrogens is 127 g/mol. The quantitative estimate of drug-likeness (QED) is 0.527. The largest absolute Gasteiger partial charge is 0.208 e. The van der Waals surface area contributed by atoms with Crippen LogP contribution in [0.4, 0.5) is 4.39 Å². The molecule has 0 saturated heterocycles. The van der Waals surface area contributed by atoms with E-state index in [1.807, 2.05) is 19.9 Å². The highest BCUT2D eigenvalue weighted by molar-refractivity contribution is 5.21. The molecule has 0 fully saturated rings. The van der Waals surface area contributed by atoms with Crippen LogP contribution in [0.1, 0.15) is 20.3 Å². The first kappa shape index (κ1) is 9.15. The van der Waals surface area contributed by atoms with Gasteiger partial charge in [-0.25, -0.2) is 4.39 Å². The molecule has 0 aromatic heterocycles. The van der Waals surface area contributed by atoms with Crippen molar-refractivity contribution in [1.29, 1.82) is 0 Å². The number of hydrogen-bond donors (Lipinski definition) is 0. The van der Waals surface area contributed by atoms with Gasteiger partial charge in [0.1, 0.15) is 5.83 Å². The molecule has 0 nitrogen and oxygen atoms in total. The molecule has 56 valence electrons. The average molecular weight is 140 g/mol. The zero-order valence-corrected chi connectivity index (χ0v) is 6.52. The molecule has 0 saturated carbocycles. The summed E-state index contributed by atoms with van der Waals surface area (Å²) in [5.74, 6) is -0.399. The summed E-state index contributed by atoms with van der Waals surface area (Å²) >= 11 is 0. The number of rotatable bonds is 3. The van der Waals surface area contributed by atoms with Crippen molar-refractivity contribution in [2.45, 2.75) is 20.3 Å². The Bertz CT molecular complexity index is 164. The second-order valence-corrected chi connectivity index (χ2v) is 2.14. The molecule has 0 spiro atoms. The average Bonchev–Trinajstić information content (AvgIpc) is 1.85. The first-order valence-corrected chi connectivity index (χ1v) is 3.36. The van der Waals surface area contributed by atoms with Gasteiger partial charge in [-0.05, 0) is 19.4 Å². The summed E-state index contributed by atoms with van der Waals surface area (Å²) in [6.45, 7) is 7.08. The molecule has 0 atom stereocenters. The maximum atomic E-state index is 12.0. The van der Waals surface area contributed by atoms with Gasteiger partial charge < -0.3 is 0 Å². The molecule has 1 heteroatoms.